The average Bonchev–Trinajstić information content (AvgIpc) is 3.61. The first kappa shape index (κ1) is 24.6. The van der Waals surface area contributed by atoms with Gasteiger partial charge in [0.1, 0.15) is 5.01 Å². The number of nitrogens with one attached hydrogen (secondary N) is 2. The number of benzene rings is 1. The van der Waals surface area contributed by atoms with Crippen LogP contribution in [0.25, 0.3) is 11.3 Å². The Bertz CT molecular complexity index is 1190. The first-order valence-electron chi connectivity index (χ1n) is 12.4. The van der Waals surface area contributed by atoms with Crippen LogP contribution in [-0.4, -0.2) is 69.9 Å². The molecule has 0 radical (unpaired) electrons. The topological polar surface area (TPSA) is 120 Å². The van der Waals surface area contributed by atoms with Crippen molar-refractivity contribution in [2.45, 2.75) is 38.6 Å². The van der Waals surface area contributed by atoms with E-state index in [-0.39, 0.29) is 18.9 Å². The molecule has 0 spiro atoms. The Morgan fingerprint density at radius 2 is 1.94 bits per heavy atom. The minimum atomic E-state index is -0.964. The lowest BCUT2D eigenvalue weighted by Crippen LogP contribution is -2.43. The number of carbonyl (C=O) groups is 2. The number of amides is 1. The highest BCUT2D eigenvalue weighted by Crippen LogP contribution is 2.40. The highest BCUT2D eigenvalue weighted by atomic mass is 32.1. The summed E-state index contributed by atoms with van der Waals surface area (Å²) < 4.78 is 5.41. The summed E-state index contributed by atoms with van der Waals surface area (Å²) in [6.45, 7) is 4.85. The number of carboxylic acid groups (broad SMARTS) is 1. The summed E-state index contributed by atoms with van der Waals surface area (Å²) >= 11 is 1.48. The summed E-state index contributed by atoms with van der Waals surface area (Å²) in [5.41, 5.74) is 3.95. The van der Waals surface area contributed by atoms with Gasteiger partial charge >= 0.3 is 5.97 Å². The molecule has 1 fully saturated rings. The first-order valence-corrected chi connectivity index (χ1v) is 13.2. The van der Waals surface area contributed by atoms with Crippen molar-refractivity contribution in [2.24, 2.45) is 5.41 Å². The normalized spacial score (nSPS) is 17.1. The van der Waals surface area contributed by atoms with Crippen LogP contribution in [0.3, 0.4) is 0 Å². The molecule has 190 valence electrons. The minimum Gasteiger partial charge on any atom is -0.481 e. The van der Waals surface area contributed by atoms with Crippen molar-refractivity contribution in [1.82, 2.24) is 25.4 Å². The number of aromatic nitrogens is 3. The Morgan fingerprint density at radius 3 is 2.67 bits per heavy atom. The van der Waals surface area contributed by atoms with Crippen LogP contribution < -0.4 is 5.32 Å². The van der Waals surface area contributed by atoms with Crippen molar-refractivity contribution < 1.29 is 19.4 Å². The van der Waals surface area contributed by atoms with Crippen molar-refractivity contribution in [1.29, 1.82) is 0 Å². The SMILES string of the molecule is O=C(O)CC1(C(=O)NCc2nc(-c3c[nH]nc3CCCN3CCOCC3)cs2)Cc2ccccc2C1. The quantitative estimate of drug-likeness (QED) is 0.384. The summed E-state index contributed by atoms with van der Waals surface area (Å²) in [6.07, 6.45) is 4.43. The van der Waals surface area contributed by atoms with Gasteiger partial charge in [0.05, 0.1) is 43.0 Å². The number of carbonyl (C=O) groups excluding carboxylic acids is 1. The number of hydrogen-bond donors (Lipinski definition) is 3. The molecule has 0 bridgehead atoms. The van der Waals surface area contributed by atoms with Crippen molar-refractivity contribution in [3.05, 3.63) is 57.7 Å². The van der Waals surface area contributed by atoms with Crippen LogP contribution >= 0.6 is 11.3 Å². The molecule has 0 unspecified atom stereocenters. The Kier molecular flexibility index (Phi) is 7.45. The molecule has 1 aliphatic heterocycles. The lowest BCUT2D eigenvalue weighted by atomic mass is 9.80. The highest BCUT2D eigenvalue weighted by Gasteiger charge is 2.45. The molecule has 10 heteroatoms. The number of ether oxygens (including phenoxy) is 1. The van der Waals surface area contributed by atoms with Gasteiger partial charge in [-0.15, -0.1) is 11.3 Å². The van der Waals surface area contributed by atoms with Crippen molar-refractivity contribution in [3.8, 4) is 11.3 Å². The maximum absolute atomic E-state index is 13.3. The molecule has 9 nitrogen and oxygen atoms in total. The van der Waals surface area contributed by atoms with Crippen molar-refractivity contribution in [2.75, 3.05) is 32.8 Å². The number of aryl methyl sites for hydroxylation is 1. The van der Waals surface area contributed by atoms with Gasteiger partial charge in [-0.25, -0.2) is 4.98 Å². The second kappa shape index (κ2) is 10.9. The lowest BCUT2D eigenvalue weighted by Gasteiger charge is -2.26. The fourth-order valence-electron chi connectivity index (χ4n) is 5.23. The number of fused-ring (bicyclic) bond motifs is 1. The molecule has 5 rings (SSSR count). The van der Waals surface area contributed by atoms with Crippen LogP contribution in [0, 0.1) is 5.41 Å². The zero-order valence-electron chi connectivity index (χ0n) is 20.2. The predicted octanol–water partition coefficient (Wildman–Crippen LogP) is 2.67. The maximum atomic E-state index is 13.3. The maximum Gasteiger partial charge on any atom is 0.304 e. The number of H-pyrrole nitrogens is 1. The molecule has 1 aromatic carbocycles. The Balaban J connectivity index is 1.19. The van der Waals surface area contributed by atoms with Gasteiger partial charge in [0.25, 0.3) is 0 Å². The number of aromatic amines is 1. The van der Waals surface area contributed by atoms with Crippen LogP contribution in [0.5, 0.6) is 0 Å². The van der Waals surface area contributed by atoms with Crippen LogP contribution in [0.15, 0.2) is 35.8 Å². The van der Waals surface area contributed by atoms with E-state index < -0.39 is 11.4 Å². The smallest absolute Gasteiger partial charge is 0.304 e. The third-order valence-corrected chi connectivity index (χ3v) is 7.93. The van der Waals surface area contributed by atoms with Gasteiger partial charge in [-0.05, 0) is 43.4 Å². The zero-order valence-corrected chi connectivity index (χ0v) is 21.0. The van der Waals surface area contributed by atoms with Gasteiger partial charge < -0.3 is 15.2 Å². The fourth-order valence-corrected chi connectivity index (χ4v) is 5.97. The highest BCUT2D eigenvalue weighted by molar-refractivity contribution is 7.09. The molecule has 2 aromatic heterocycles. The van der Waals surface area contributed by atoms with E-state index in [0.29, 0.717) is 12.8 Å². The van der Waals surface area contributed by atoms with E-state index in [1.165, 1.54) is 11.3 Å². The van der Waals surface area contributed by atoms with Crippen LogP contribution in [0.2, 0.25) is 0 Å². The van der Waals surface area contributed by atoms with E-state index in [4.69, 9.17) is 9.72 Å². The number of morpholine rings is 1. The third-order valence-electron chi connectivity index (χ3n) is 7.09. The average molecular weight is 510 g/mol. The van der Waals surface area contributed by atoms with Crippen LogP contribution in [0.1, 0.15) is 34.7 Å². The van der Waals surface area contributed by atoms with Gasteiger partial charge in [-0.2, -0.15) is 5.10 Å². The molecule has 3 heterocycles. The molecule has 36 heavy (non-hydrogen) atoms. The molecule has 3 aromatic rings. The Hall–Kier alpha value is -3.08. The molecular formula is C26H31N5O4S. The molecule has 3 N–H and O–H groups in total. The lowest BCUT2D eigenvalue weighted by molar-refractivity contribution is -0.145. The van der Waals surface area contributed by atoms with E-state index >= 15 is 0 Å². The second-order valence-corrected chi connectivity index (χ2v) is 10.5. The first-order chi connectivity index (χ1) is 17.5. The Labute approximate surface area is 213 Å². The van der Waals surface area contributed by atoms with Crippen molar-refractivity contribution in [3.63, 3.8) is 0 Å². The molecule has 0 atom stereocenters. The van der Waals surface area contributed by atoms with Gasteiger partial charge in [0.2, 0.25) is 5.91 Å². The number of nitrogens with zero attached hydrogens (tertiary/aromatic N) is 3. The standard InChI is InChI=1S/C26H31N5O4S/c32-24(33)14-26(12-18-4-1-2-5-19(18)13-26)25(34)27-16-23-29-22(17-36-23)20-15-28-30-21(20)6-3-7-31-8-10-35-11-9-31/h1-2,4-5,15,17H,3,6-14,16H2,(H,27,34)(H,28,30)(H,32,33). The molecular weight excluding hydrogens is 478 g/mol. The molecule has 1 aliphatic carbocycles. The number of carboxylic acids is 1. The summed E-state index contributed by atoms with van der Waals surface area (Å²) in [5, 5.41) is 22.7. The second-order valence-electron chi connectivity index (χ2n) is 9.59. The van der Waals surface area contributed by atoms with E-state index in [1.54, 1.807) is 0 Å². The molecule has 1 saturated heterocycles. The minimum absolute atomic E-state index is 0.195. The van der Waals surface area contributed by atoms with Gasteiger partial charge in [-0.3, -0.25) is 19.6 Å². The molecule has 0 saturated carbocycles. The van der Waals surface area contributed by atoms with E-state index in [0.717, 1.165) is 78.8 Å². The fraction of sp³-hybridized carbons (Fsp3) is 0.462. The summed E-state index contributed by atoms with van der Waals surface area (Å²) in [7, 11) is 0. The largest absolute Gasteiger partial charge is 0.481 e. The Morgan fingerprint density at radius 1 is 1.19 bits per heavy atom. The number of rotatable bonds is 10. The third kappa shape index (κ3) is 5.50. The summed E-state index contributed by atoms with van der Waals surface area (Å²) in [6, 6.07) is 7.81. The van der Waals surface area contributed by atoms with Gasteiger partial charge in [-0.1, -0.05) is 24.3 Å². The van der Waals surface area contributed by atoms with E-state index in [1.807, 2.05) is 35.8 Å². The zero-order chi connectivity index (χ0) is 25.0. The number of aliphatic carboxylic acids is 1. The molecule has 2 aliphatic rings. The van der Waals surface area contributed by atoms with Gasteiger partial charge in [0.15, 0.2) is 0 Å². The number of thiazole rings is 1. The molecule has 1 amide bonds. The monoisotopic (exact) mass is 509 g/mol. The van der Waals surface area contributed by atoms with E-state index in [9.17, 15) is 14.7 Å². The predicted molar refractivity (Wildman–Crippen MR) is 136 cm³/mol. The number of hydrogen-bond acceptors (Lipinski definition) is 7. The summed E-state index contributed by atoms with van der Waals surface area (Å²) in [4.78, 5) is 32.0. The summed E-state index contributed by atoms with van der Waals surface area (Å²) in [5.74, 6) is -1.19. The van der Waals surface area contributed by atoms with E-state index in [2.05, 4.69) is 20.4 Å². The van der Waals surface area contributed by atoms with Crippen molar-refractivity contribution >= 4 is 23.2 Å². The van der Waals surface area contributed by atoms with Crippen LogP contribution in [0.4, 0.5) is 0 Å². The van der Waals surface area contributed by atoms with Crippen LogP contribution in [-0.2, 0) is 40.1 Å². The van der Waals surface area contributed by atoms with Gasteiger partial charge in [0, 0.05) is 30.2 Å².